The largest absolute Gasteiger partial charge is 0.361 e. The summed E-state index contributed by atoms with van der Waals surface area (Å²) < 4.78 is 0. The topological polar surface area (TPSA) is 86.0 Å². The first kappa shape index (κ1) is 29.8. The van der Waals surface area contributed by atoms with Crippen LogP contribution in [0.15, 0.2) is 115 Å². The van der Waals surface area contributed by atoms with Crippen LogP contribution in [0.3, 0.4) is 0 Å². The average Bonchev–Trinajstić information content (AvgIpc) is 3.45. The Labute approximate surface area is 253 Å². The van der Waals surface area contributed by atoms with Crippen molar-refractivity contribution in [2.45, 2.75) is 51.9 Å². The number of aromatic amines is 1. The first-order valence-corrected chi connectivity index (χ1v) is 15.0. The maximum Gasteiger partial charge on any atom is 0.243 e. The molecule has 0 aliphatic rings. The molecule has 6 heteroatoms. The Hall–Kier alpha value is -4.68. The molecular weight excluding hydrogens is 532 g/mol. The lowest BCUT2D eigenvalue weighted by atomic mass is 10.00. The summed E-state index contributed by atoms with van der Waals surface area (Å²) in [6, 6.07) is 35.3. The van der Waals surface area contributed by atoms with Gasteiger partial charge in [0, 0.05) is 36.6 Å². The van der Waals surface area contributed by atoms with Crippen molar-refractivity contribution in [2.75, 3.05) is 0 Å². The second-order valence-electron chi connectivity index (χ2n) is 11.5. The van der Waals surface area contributed by atoms with E-state index in [2.05, 4.69) is 71.2 Å². The summed E-state index contributed by atoms with van der Waals surface area (Å²) in [4.78, 5) is 30.6. The lowest BCUT2D eigenvalue weighted by Gasteiger charge is -2.24. The minimum atomic E-state index is -0.725. The van der Waals surface area contributed by atoms with Gasteiger partial charge in [0.25, 0.3) is 0 Å². The molecule has 2 amide bonds. The fourth-order valence-electron chi connectivity index (χ4n) is 5.35. The Balaban J connectivity index is 1.29. The molecule has 0 bridgehead atoms. The molecule has 4 aromatic carbocycles. The lowest BCUT2D eigenvalue weighted by molar-refractivity contribution is -0.130. The number of carbonyl (C=O) groups excluding carboxylic acids is 2. The molecule has 1 heterocycles. The van der Waals surface area contributed by atoms with Gasteiger partial charge in [0.2, 0.25) is 11.8 Å². The smallest absolute Gasteiger partial charge is 0.243 e. The fraction of sp³-hybridized carbons (Fsp3) is 0.243. The van der Waals surface area contributed by atoms with Gasteiger partial charge in [-0.15, -0.1) is 0 Å². The number of benzene rings is 4. The van der Waals surface area contributed by atoms with Crippen molar-refractivity contribution in [3.05, 3.63) is 132 Å². The third-order valence-corrected chi connectivity index (χ3v) is 7.68. The van der Waals surface area contributed by atoms with Crippen LogP contribution < -0.4 is 16.0 Å². The van der Waals surface area contributed by atoms with Crippen LogP contribution in [0.1, 0.15) is 37.0 Å². The Kier molecular flexibility index (Phi) is 10.0. The molecule has 0 spiro atoms. The van der Waals surface area contributed by atoms with Crippen LogP contribution in [-0.4, -0.2) is 28.9 Å². The van der Waals surface area contributed by atoms with Crippen molar-refractivity contribution >= 4 is 22.7 Å². The minimum absolute atomic E-state index is 0.172. The zero-order valence-corrected chi connectivity index (χ0v) is 24.8. The van der Waals surface area contributed by atoms with Gasteiger partial charge in [-0.3, -0.25) is 9.59 Å². The van der Waals surface area contributed by atoms with E-state index in [9.17, 15) is 9.59 Å². The molecule has 5 aromatic rings. The van der Waals surface area contributed by atoms with Gasteiger partial charge >= 0.3 is 0 Å². The highest BCUT2D eigenvalue weighted by Gasteiger charge is 2.27. The monoisotopic (exact) mass is 572 g/mol. The number of para-hydroxylation sites is 1. The number of rotatable bonds is 13. The van der Waals surface area contributed by atoms with E-state index >= 15 is 0 Å². The Bertz CT molecular complexity index is 1610. The van der Waals surface area contributed by atoms with E-state index < -0.39 is 12.1 Å². The second-order valence-corrected chi connectivity index (χ2v) is 11.5. The average molecular weight is 573 g/mol. The van der Waals surface area contributed by atoms with E-state index in [0.717, 1.165) is 33.2 Å². The molecule has 220 valence electrons. The van der Waals surface area contributed by atoms with E-state index in [1.165, 1.54) is 5.56 Å². The van der Waals surface area contributed by atoms with Gasteiger partial charge in [0.05, 0.1) is 6.04 Å². The molecule has 43 heavy (non-hydrogen) atoms. The number of H-pyrrole nitrogens is 1. The van der Waals surface area contributed by atoms with Gasteiger partial charge in [0.1, 0.15) is 6.04 Å². The fourth-order valence-corrected chi connectivity index (χ4v) is 5.35. The zero-order valence-electron chi connectivity index (χ0n) is 24.8. The molecule has 0 aliphatic heterocycles. The molecule has 2 atom stereocenters. The molecule has 4 N–H and O–H groups in total. The normalized spacial score (nSPS) is 12.6. The SMILES string of the molecule is CC(C)C[C@H](NCc1ccc(-c2ccccc2)cc1)C(=O)N[C@@H](Cc1c[nH]c2ccccc12)C(=O)NCc1ccccc1. The number of amides is 2. The van der Waals surface area contributed by atoms with Gasteiger partial charge in [-0.1, -0.05) is 117 Å². The molecule has 5 rings (SSSR count). The highest BCUT2D eigenvalue weighted by Crippen LogP contribution is 2.21. The van der Waals surface area contributed by atoms with Crippen molar-refractivity contribution in [1.29, 1.82) is 0 Å². The summed E-state index contributed by atoms with van der Waals surface area (Å²) in [5.74, 6) is -0.0840. The number of aromatic nitrogens is 1. The first-order valence-electron chi connectivity index (χ1n) is 15.0. The van der Waals surface area contributed by atoms with Crippen LogP contribution in [0.4, 0.5) is 0 Å². The summed E-state index contributed by atoms with van der Waals surface area (Å²) in [6.07, 6.45) is 2.96. The zero-order chi connectivity index (χ0) is 30.0. The molecule has 0 fully saturated rings. The van der Waals surface area contributed by atoms with Crippen molar-refractivity contribution in [2.24, 2.45) is 5.92 Å². The molecule has 6 nitrogen and oxygen atoms in total. The Morgan fingerprint density at radius 3 is 2.02 bits per heavy atom. The molecular formula is C37H40N4O2. The predicted molar refractivity (Wildman–Crippen MR) is 174 cm³/mol. The van der Waals surface area contributed by atoms with Gasteiger partial charge in [-0.05, 0) is 46.2 Å². The van der Waals surface area contributed by atoms with E-state index in [4.69, 9.17) is 0 Å². The van der Waals surface area contributed by atoms with Crippen molar-refractivity contribution < 1.29 is 9.59 Å². The number of hydrogen-bond acceptors (Lipinski definition) is 3. The molecule has 0 unspecified atom stereocenters. The molecule has 0 radical (unpaired) electrons. The van der Waals surface area contributed by atoms with E-state index in [1.54, 1.807) is 0 Å². The Morgan fingerprint density at radius 2 is 1.30 bits per heavy atom. The summed E-state index contributed by atoms with van der Waals surface area (Å²) >= 11 is 0. The standard InChI is InChI=1S/C37H40N4O2/c1-26(2)21-34(38-23-28-17-19-30(20-18-28)29-13-7-4-8-14-29)37(43)41-35(36(42)40-24-27-11-5-3-6-12-27)22-31-25-39-33-16-10-9-15-32(31)33/h3-20,25-26,34-35,38-39H,21-24H2,1-2H3,(H,40,42)(H,41,43)/t34-,35-/m0/s1. The molecule has 0 saturated carbocycles. The molecule has 0 aliphatic carbocycles. The highest BCUT2D eigenvalue weighted by molar-refractivity contribution is 5.91. The summed E-state index contributed by atoms with van der Waals surface area (Å²) in [5, 5.41) is 10.7. The van der Waals surface area contributed by atoms with Gasteiger partial charge < -0.3 is 20.9 Å². The lowest BCUT2D eigenvalue weighted by Crippen LogP contribution is -2.53. The molecule has 1 aromatic heterocycles. The quantitative estimate of drug-likeness (QED) is 0.132. The van der Waals surface area contributed by atoms with Gasteiger partial charge in [0.15, 0.2) is 0 Å². The number of hydrogen-bond donors (Lipinski definition) is 4. The maximum absolute atomic E-state index is 13.8. The summed E-state index contributed by atoms with van der Waals surface area (Å²) in [5.41, 5.74) is 6.42. The van der Waals surface area contributed by atoms with Crippen LogP contribution in [0.5, 0.6) is 0 Å². The van der Waals surface area contributed by atoms with E-state index in [0.29, 0.717) is 31.8 Å². The van der Waals surface area contributed by atoms with Gasteiger partial charge in [-0.2, -0.15) is 0 Å². The van der Waals surface area contributed by atoms with Gasteiger partial charge in [-0.25, -0.2) is 0 Å². The van der Waals surface area contributed by atoms with E-state index in [-0.39, 0.29) is 11.8 Å². The molecule has 0 saturated heterocycles. The highest BCUT2D eigenvalue weighted by atomic mass is 16.2. The third kappa shape index (κ3) is 8.21. The van der Waals surface area contributed by atoms with Crippen LogP contribution in [0, 0.1) is 5.92 Å². The van der Waals surface area contributed by atoms with Crippen LogP contribution in [0.25, 0.3) is 22.0 Å². The van der Waals surface area contributed by atoms with Crippen molar-refractivity contribution in [3.63, 3.8) is 0 Å². The number of fused-ring (bicyclic) bond motifs is 1. The van der Waals surface area contributed by atoms with E-state index in [1.807, 2.05) is 79.0 Å². The van der Waals surface area contributed by atoms with Crippen molar-refractivity contribution in [3.8, 4) is 11.1 Å². The number of nitrogens with one attached hydrogen (secondary N) is 4. The summed E-state index contributed by atoms with van der Waals surface area (Å²) in [7, 11) is 0. The number of carbonyl (C=O) groups is 2. The van der Waals surface area contributed by atoms with Crippen LogP contribution in [-0.2, 0) is 29.1 Å². The third-order valence-electron chi connectivity index (χ3n) is 7.68. The van der Waals surface area contributed by atoms with Crippen LogP contribution >= 0.6 is 0 Å². The second kappa shape index (κ2) is 14.5. The van der Waals surface area contributed by atoms with Crippen molar-refractivity contribution in [1.82, 2.24) is 20.9 Å². The first-order chi connectivity index (χ1) is 21.0. The van der Waals surface area contributed by atoms with Crippen LogP contribution in [0.2, 0.25) is 0 Å². The maximum atomic E-state index is 13.8. The minimum Gasteiger partial charge on any atom is -0.361 e. The Morgan fingerprint density at radius 1 is 0.674 bits per heavy atom. The summed E-state index contributed by atoms with van der Waals surface area (Å²) in [6.45, 7) is 5.15. The predicted octanol–water partition coefficient (Wildman–Crippen LogP) is 6.38.